The summed E-state index contributed by atoms with van der Waals surface area (Å²) in [4.78, 5) is 47.9. The van der Waals surface area contributed by atoms with Gasteiger partial charge in [-0.15, -0.1) is 0 Å². The normalized spacial score (nSPS) is 33.0. The molecule has 0 aromatic rings. The van der Waals surface area contributed by atoms with Crippen molar-refractivity contribution in [1.29, 1.82) is 0 Å². The summed E-state index contributed by atoms with van der Waals surface area (Å²) in [6.45, 7) is 9.34. The van der Waals surface area contributed by atoms with Gasteiger partial charge < -0.3 is 18.9 Å². The quantitative estimate of drug-likeness (QED) is 0.263. The van der Waals surface area contributed by atoms with E-state index in [2.05, 4.69) is 20.8 Å². The summed E-state index contributed by atoms with van der Waals surface area (Å²) < 4.78 is 22.4. The van der Waals surface area contributed by atoms with Crippen LogP contribution in [-0.2, 0) is 38.1 Å². The molecule has 1 saturated carbocycles. The number of rotatable bonds is 14. The Labute approximate surface area is 208 Å². The van der Waals surface area contributed by atoms with Gasteiger partial charge in [0.05, 0.1) is 48.5 Å². The highest BCUT2D eigenvalue weighted by Crippen LogP contribution is 2.48. The Morgan fingerprint density at radius 3 is 1.89 bits per heavy atom. The maximum Gasteiger partial charge on any atom is 0.309 e. The highest BCUT2D eigenvalue weighted by atomic mass is 16.6. The fourth-order valence-electron chi connectivity index (χ4n) is 5.29. The Morgan fingerprint density at radius 1 is 0.771 bits per heavy atom. The van der Waals surface area contributed by atoms with E-state index in [0.717, 1.165) is 32.1 Å². The predicted molar refractivity (Wildman–Crippen MR) is 128 cm³/mol. The minimum Gasteiger partial charge on any atom is -0.465 e. The Bertz CT molecular complexity index is 805. The second-order valence-corrected chi connectivity index (χ2v) is 11.4. The molecule has 8 nitrogen and oxygen atoms in total. The minimum absolute atomic E-state index is 0.000636. The Kier molecular flexibility index (Phi) is 9.13. The number of hydrogen-bond acceptors (Lipinski definition) is 8. The molecular formula is C27H42O8. The SMILES string of the molecule is CC(=O)CCOC(=O)C1CCC(CCC2OC2(C)CCC2OC2(C)C)CC1C(=O)OCCC(C)=O. The molecule has 0 spiro atoms. The van der Waals surface area contributed by atoms with Gasteiger partial charge in [0, 0.05) is 12.8 Å². The molecule has 6 atom stereocenters. The maximum absolute atomic E-state index is 12.9. The number of epoxide rings is 2. The Morgan fingerprint density at radius 2 is 1.34 bits per heavy atom. The maximum atomic E-state index is 12.9. The first-order valence-electron chi connectivity index (χ1n) is 13.1. The van der Waals surface area contributed by atoms with Gasteiger partial charge in [0.15, 0.2) is 0 Å². The second-order valence-electron chi connectivity index (χ2n) is 11.4. The molecule has 0 bridgehead atoms. The van der Waals surface area contributed by atoms with Gasteiger partial charge in [0.1, 0.15) is 11.6 Å². The number of Topliss-reactive ketones (excluding diaryl/α,β-unsaturated/α-hetero) is 2. The lowest BCUT2D eigenvalue weighted by molar-refractivity contribution is -0.164. The van der Waals surface area contributed by atoms with Crippen LogP contribution in [0, 0.1) is 17.8 Å². The number of ketones is 2. The lowest BCUT2D eigenvalue weighted by atomic mass is 9.72. The van der Waals surface area contributed by atoms with Crippen LogP contribution in [0.5, 0.6) is 0 Å². The molecule has 0 aromatic carbocycles. The number of ether oxygens (including phenoxy) is 4. The summed E-state index contributed by atoms with van der Waals surface area (Å²) >= 11 is 0. The molecule has 3 fully saturated rings. The van der Waals surface area contributed by atoms with Crippen LogP contribution in [-0.4, -0.2) is 60.1 Å². The summed E-state index contributed by atoms with van der Waals surface area (Å²) in [5.74, 6) is -1.86. The lowest BCUT2D eigenvalue weighted by Gasteiger charge is -2.33. The molecule has 2 saturated heterocycles. The first kappa shape index (κ1) is 27.8. The molecule has 8 heteroatoms. The average Bonchev–Trinajstić information content (AvgIpc) is 3.63. The third-order valence-corrected chi connectivity index (χ3v) is 7.90. The molecule has 3 rings (SSSR count). The largest absolute Gasteiger partial charge is 0.465 e. The predicted octanol–water partition coefficient (Wildman–Crippen LogP) is 3.96. The van der Waals surface area contributed by atoms with Gasteiger partial charge in [-0.05, 0) is 85.5 Å². The minimum atomic E-state index is -0.591. The highest BCUT2D eigenvalue weighted by molar-refractivity contribution is 5.83. The molecule has 6 unspecified atom stereocenters. The molecule has 35 heavy (non-hydrogen) atoms. The van der Waals surface area contributed by atoms with E-state index in [1.54, 1.807) is 0 Å². The molecule has 198 valence electrons. The van der Waals surface area contributed by atoms with E-state index in [-0.39, 0.29) is 54.9 Å². The molecule has 1 aliphatic carbocycles. The van der Waals surface area contributed by atoms with E-state index in [9.17, 15) is 19.2 Å². The monoisotopic (exact) mass is 494 g/mol. The highest BCUT2D eigenvalue weighted by Gasteiger charge is 2.55. The van der Waals surface area contributed by atoms with Gasteiger partial charge in [-0.25, -0.2) is 0 Å². The Hall–Kier alpha value is -1.80. The van der Waals surface area contributed by atoms with E-state index in [0.29, 0.717) is 24.9 Å². The summed E-state index contributed by atoms with van der Waals surface area (Å²) in [5.41, 5.74) is -0.0919. The van der Waals surface area contributed by atoms with Gasteiger partial charge in [-0.2, -0.15) is 0 Å². The zero-order chi connectivity index (χ0) is 25.8. The fourth-order valence-corrected chi connectivity index (χ4v) is 5.29. The summed E-state index contributed by atoms with van der Waals surface area (Å²) in [5, 5.41) is 0. The smallest absolute Gasteiger partial charge is 0.309 e. The number of hydrogen-bond donors (Lipinski definition) is 0. The van der Waals surface area contributed by atoms with E-state index < -0.39 is 23.8 Å². The molecule has 2 heterocycles. The summed E-state index contributed by atoms with van der Waals surface area (Å²) in [7, 11) is 0. The van der Waals surface area contributed by atoms with E-state index in [1.165, 1.54) is 13.8 Å². The zero-order valence-corrected chi connectivity index (χ0v) is 21.9. The van der Waals surface area contributed by atoms with Gasteiger partial charge in [0.2, 0.25) is 0 Å². The Balaban J connectivity index is 1.49. The molecule has 0 N–H and O–H groups in total. The molecule has 3 aliphatic rings. The average molecular weight is 495 g/mol. The molecule has 0 aromatic heterocycles. The van der Waals surface area contributed by atoms with Gasteiger partial charge in [0.25, 0.3) is 0 Å². The lowest BCUT2D eigenvalue weighted by Crippen LogP contribution is -2.38. The van der Waals surface area contributed by atoms with Crippen molar-refractivity contribution >= 4 is 23.5 Å². The standard InChI is InChI=1S/C27H42O8/c1-17(28)11-14-32-24(30)20-8-6-19(16-21(20)25(31)33-15-12-18(2)29)7-9-23-27(5,35-23)13-10-22-26(3,4)34-22/h19-23H,6-16H2,1-5H3. The van der Waals surface area contributed by atoms with Crippen LogP contribution in [0.25, 0.3) is 0 Å². The topological polar surface area (TPSA) is 112 Å². The van der Waals surface area contributed by atoms with Crippen LogP contribution in [0.2, 0.25) is 0 Å². The van der Waals surface area contributed by atoms with E-state index >= 15 is 0 Å². The first-order valence-corrected chi connectivity index (χ1v) is 13.1. The second kappa shape index (κ2) is 11.5. The van der Waals surface area contributed by atoms with Crippen molar-refractivity contribution in [3.8, 4) is 0 Å². The molecule has 0 amide bonds. The molecule has 0 radical (unpaired) electrons. The van der Waals surface area contributed by atoms with Crippen molar-refractivity contribution in [2.75, 3.05) is 13.2 Å². The van der Waals surface area contributed by atoms with Crippen LogP contribution >= 0.6 is 0 Å². The van der Waals surface area contributed by atoms with Gasteiger partial charge in [-0.1, -0.05) is 0 Å². The van der Waals surface area contributed by atoms with Crippen LogP contribution in [0.3, 0.4) is 0 Å². The van der Waals surface area contributed by atoms with Gasteiger partial charge >= 0.3 is 11.9 Å². The van der Waals surface area contributed by atoms with Crippen LogP contribution in [0.1, 0.15) is 92.4 Å². The van der Waals surface area contributed by atoms with Crippen molar-refractivity contribution in [3.63, 3.8) is 0 Å². The van der Waals surface area contributed by atoms with Crippen molar-refractivity contribution in [3.05, 3.63) is 0 Å². The third-order valence-electron chi connectivity index (χ3n) is 7.90. The summed E-state index contributed by atoms with van der Waals surface area (Å²) in [6, 6.07) is 0. The molecule has 2 aliphatic heterocycles. The van der Waals surface area contributed by atoms with Gasteiger partial charge in [-0.3, -0.25) is 19.2 Å². The van der Waals surface area contributed by atoms with E-state index in [4.69, 9.17) is 18.9 Å². The number of carbonyl (C=O) groups excluding carboxylic acids is 4. The third kappa shape index (κ3) is 8.10. The number of esters is 2. The van der Waals surface area contributed by atoms with Crippen LogP contribution in [0.15, 0.2) is 0 Å². The zero-order valence-electron chi connectivity index (χ0n) is 21.9. The molecular weight excluding hydrogens is 452 g/mol. The fraction of sp³-hybridized carbons (Fsp3) is 0.852. The van der Waals surface area contributed by atoms with Crippen molar-refractivity contribution in [2.45, 2.75) is 116 Å². The number of carbonyl (C=O) groups is 4. The summed E-state index contributed by atoms with van der Waals surface area (Å²) in [6.07, 6.45) is 6.65. The van der Waals surface area contributed by atoms with E-state index in [1.807, 2.05) is 0 Å². The van der Waals surface area contributed by atoms with Crippen molar-refractivity contribution in [2.24, 2.45) is 17.8 Å². The first-order chi connectivity index (χ1) is 16.4. The van der Waals surface area contributed by atoms with Crippen LogP contribution < -0.4 is 0 Å². The van der Waals surface area contributed by atoms with Crippen molar-refractivity contribution < 1.29 is 38.1 Å². The van der Waals surface area contributed by atoms with Crippen LogP contribution in [0.4, 0.5) is 0 Å². The van der Waals surface area contributed by atoms with Crippen molar-refractivity contribution in [1.82, 2.24) is 0 Å².